The standard InChI is InChI=1S/C13H25N3O2S/c1-2-3-4-5-8-12(17)15-16-13(19)14-10-11-7-6-9-18-11/h11H,2-10H2,1H3,(H,15,17)(H2,14,16,19)/t11-/m1/s1. The molecule has 0 radical (unpaired) electrons. The normalized spacial score (nSPS) is 18.1. The quantitative estimate of drug-likeness (QED) is 0.377. The van der Waals surface area contributed by atoms with Crippen LogP contribution in [0.4, 0.5) is 0 Å². The number of hydrazine groups is 1. The van der Waals surface area contributed by atoms with E-state index in [9.17, 15) is 4.79 Å². The fourth-order valence-corrected chi connectivity index (χ4v) is 2.09. The van der Waals surface area contributed by atoms with Gasteiger partial charge in [0.15, 0.2) is 5.11 Å². The van der Waals surface area contributed by atoms with Gasteiger partial charge in [-0.15, -0.1) is 0 Å². The number of nitrogens with one attached hydrogen (secondary N) is 3. The van der Waals surface area contributed by atoms with E-state index in [4.69, 9.17) is 17.0 Å². The summed E-state index contributed by atoms with van der Waals surface area (Å²) in [6, 6.07) is 0. The highest BCUT2D eigenvalue weighted by Crippen LogP contribution is 2.10. The molecule has 6 heteroatoms. The Morgan fingerprint density at radius 1 is 1.32 bits per heavy atom. The minimum absolute atomic E-state index is 0.0163. The van der Waals surface area contributed by atoms with Crippen LogP contribution in [-0.4, -0.2) is 30.3 Å². The van der Waals surface area contributed by atoms with E-state index in [1.165, 1.54) is 12.8 Å². The van der Waals surface area contributed by atoms with Gasteiger partial charge in [-0.2, -0.15) is 0 Å². The molecule has 1 amide bonds. The van der Waals surface area contributed by atoms with Crippen LogP contribution in [-0.2, 0) is 9.53 Å². The number of hydrogen-bond acceptors (Lipinski definition) is 3. The molecule has 0 saturated carbocycles. The summed E-state index contributed by atoms with van der Waals surface area (Å²) >= 11 is 5.07. The number of hydrogen-bond donors (Lipinski definition) is 3. The van der Waals surface area contributed by atoms with Gasteiger partial charge in [-0.05, 0) is 31.5 Å². The van der Waals surface area contributed by atoms with E-state index in [2.05, 4.69) is 23.1 Å². The van der Waals surface area contributed by atoms with Gasteiger partial charge < -0.3 is 10.1 Å². The van der Waals surface area contributed by atoms with E-state index in [1.54, 1.807) is 0 Å². The largest absolute Gasteiger partial charge is 0.376 e. The van der Waals surface area contributed by atoms with Crippen LogP contribution >= 0.6 is 12.2 Å². The molecular weight excluding hydrogens is 262 g/mol. The van der Waals surface area contributed by atoms with E-state index < -0.39 is 0 Å². The van der Waals surface area contributed by atoms with Crippen LogP contribution in [0.25, 0.3) is 0 Å². The van der Waals surface area contributed by atoms with Crippen LogP contribution in [0.15, 0.2) is 0 Å². The predicted octanol–water partition coefficient (Wildman–Crippen LogP) is 1.63. The summed E-state index contributed by atoms with van der Waals surface area (Å²) in [4.78, 5) is 11.5. The number of thiocarbonyl (C=S) groups is 1. The lowest BCUT2D eigenvalue weighted by atomic mass is 10.1. The van der Waals surface area contributed by atoms with Crippen molar-refractivity contribution in [2.75, 3.05) is 13.2 Å². The van der Waals surface area contributed by atoms with Gasteiger partial charge in [0.25, 0.3) is 0 Å². The minimum Gasteiger partial charge on any atom is -0.376 e. The van der Waals surface area contributed by atoms with Crippen molar-refractivity contribution >= 4 is 23.2 Å². The lowest BCUT2D eigenvalue weighted by molar-refractivity contribution is -0.121. The molecule has 1 fully saturated rings. The predicted molar refractivity (Wildman–Crippen MR) is 79.6 cm³/mol. The van der Waals surface area contributed by atoms with Crippen molar-refractivity contribution in [2.24, 2.45) is 0 Å². The van der Waals surface area contributed by atoms with Gasteiger partial charge in [0.05, 0.1) is 6.10 Å². The Hall–Kier alpha value is -0.880. The van der Waals surface area contributed by atoms with Gasteiger partial charge in [0.1, 0.15) is 0 Å². The Kier molecular flexibility index (Phi) is 8.49. The van der Waals surface area contributed by atoms with E-state index in [-0.39, 0.29) is 12.0 Å². The van der Waals surface area contributed by atoms with E-state index in [0.717, 1.165) is 32.3 Å². The molecule has 3 N–H and O–H groups in total. The number of ether oxygens (including phenoxy) is 1. The molecule has 0 aromatic rings. The average Bonchev–Trinajstić information content (AvgIpc) is 2.92. The van der Waals surface area contributed by atoms with Gasteiger partial charge in [0, 0.05) is 19.6 Å². The van der Waals surface area contributed by atoms with Crippen molar-refractivity contribution in [1.29, 1.82) is 0 Å². The van der Waals surface area contributed by atoms with Crippen LogP contribution in [0.2, 0.25) is 0 Å². The van der Waals surface area contributed by atoms with Gasteiger partial charge in [-0.3, -0.25) is 15.6 Å². The SMILES string of the molecule is CCCCCCC(=O)NNC(=S)NC[C@H]1CCCO1. The Labute approximate surface area is 120 Å². The molecule has 1 rings (SSSR count). The zero-order chi connectivity index (χ0) is 13.9. The van der Waals surface area contributed by atoms with Crippen LogP contribution < -0.4 is 16.2 Å². The summed E-state index contributed by atoms with van der Waals surface area (Å²) in [5, 5.41) is 3.48. The molecule has 0 aliphatic carbocycles. The first-order chi connectivity index (χ1) is 9.22. The van der Waals surface area contributed by atoms with Gasteiger partial charge in [-0.1, -0.05) is 26.2 Å². The maximum absolute atomic E-state index is 11.5. The molecule has 110 valence electrons. The first kappa shape index (κ1) is 16.2. The molecule has 0 aromatic heterocycles. The summed E-state index contributed by atoms with van der Waals surface area (Å²) in [7, 11) is 0. The Morgan fingerprint density at radius 3 is 2.84 bits per heavy atom. The zero-order valence-electron chi connectivity index (χ0n) is 11.7. The van der Waals surface area contributed by atoms with Crippen LogP contribution in [0.3, 0.4) is 0 Å². The number of rotatable bonds is 7. The van der Waals surface area contributed by atoms with E-state index >= 15 is 0 Å². The second-order valence-electron chi connectivity index (χ2n) is 4.83. The number of amides is 1. The Balaban J connectivity index is 1.97. The van der Waals surface area contributed by atoms with Crippen molar-refractivity contribution in [3.63, 3.8) is 0 Å². The third-order valence-electron chi connectivity index (χ3n) is 3.09. The van der Waals surface area contributed by atoms with Crippen molar-refractivity contribution in [3.05, 3.63) is 0 Å². The first-order valence-electron chi connectivity index (χ1n) is 7.16. The second-order valence-corrected chi connectivity index (χ2v) is 5.24. The summed E-state index contributed by atoms with van der Waals surface area (Å²) < 4.78 is 5.47. The lowest BCUT2D eigenvalue weighted by Crippen LogP contribution is -2.48. The van der Waals surface area contributed by atoms with E-state index in [1.807, 2.05) is 0 Å². The van der Waals surface area contributed by atoms with Crippen LogP contribution in [0.5, 0.6) is 0 Å². The average molecular weight is 287 g/mol. The lowest BCUT2D eigenvalue weighted by Gasteiger charge is -2.14. The third kappa shape index (κ3) is 8.00. The van der Waals surface area contributed by atoms with Gasteiger partial charge in [0.2, 0.25) is 5.91 Å². The van der Waals surface area contributed by atoms with Crippen molar-refractivity contribution < 1.29 is 9.53 Å². The fourth-order valence-electron chi connectivity index (χ4n) is 1.96. The van der Waals surface area contributed by atoms with Crippen LogP contribution in [0, 0.1) is 0 Å². The molecular formula is C13H25N3O2S. The summed E-state index contributed by atoms with van der Waals surface area (Å²) in [6.07, 6.45) is 7.36. The number of unbranched alkanes of at least 4 members (excludes halogenated alkanes) is 3. The topological polar surface area (TPSA) is 62.4 Å². The highest BCUT2D eigenvalue weighted by Gasteiger charge is 2.15. The fraction of sp³-hybridized carbons (Fsp3) is 0.846. The molecule has 1 heterocycles. The van der Waals surface area contributed by atoms with Crippen LogP contribution in [0.1, 0.15) is 51.9 Å². The second kappa shape index (κ2) is 9.97. The van der Waals surface area contributed by atoms with Crippen molar-refractivity contribution in [1.82, 2.24) is 16.2 Å². The summed E-state index contributed by atoms with van der Waals surface area (Å²) in [6.45, 7) is 3.68. The maximum atomic E-state index is 11.5. The molecule has 0 bridgehead atoms. The molecule has 0 aromatic carbocycles. The third-order valence-corrected chi connectivity index (χ3v) is 3.33. The molecule has 1 atom stereocenters. The number of carbonyl (C=O) groups is 1. The van der Waals surface area contributed by atoms with Crippen molar-refractivity contribution in [2.45, 2.75) is 58.0 Å². The smallest absolute Gasteiger partial charge is 0.238 e. The maximum Gasteiger partial charge on any atom is 0.238 e. The molecule has 1 aliphatic rings. The molecule has 1 aliphatic heterocycles. The number of carbonyl (C=O) groups excluding carboxylic acids is 1. The Morgan fingerprint density at radius 2 is 2.16 bits per heavy atom. The highest BCUT2D eigenvalue weighted by atomic mass is 32.1. The molecule has 1 saturated heterocycles. The summed E-state index contributed by atoms with van der Waals surface area (Å²) in [5.74, 6) is -0.0163. The molecule has 0 unspecified atom stereocenters. The minimum atomic E-state index is -0.0163. The summed E-state index contributed by atoms with van der Waals surface area (Å²) in [5.41, 5.74) is 5.31. The van der Waals surface area contributed by atoms with Gasteiger partial charge >= 0.3 is 0 Å². The molecule has 0 spiro atoms. The Bertz CT molecular complexity index is 281. The highest BCUT2D eigenvalue weighted by molar-refractivity contribution is 7.80. The monoisotopic (exact) mass is 287 g/mol. The first-order valence-corrected chi connectivity index (χ1v) is 7.57. The van der Waals surface area contributed by atoms with Crippen molar-refractivity contribution in [3.8, 4) is 0 Å². The van der Waals surface area contributed by atoms with Gasteiger partial charge in [-0.25, -0.2) is 0 Å². The van der Waals surface area contributed by atoms with E-state index in [0.29, 0.717) is 18.1 Å². The molecule has 5 nitrogen and oxygen atoms in total. The zero-order valence-corrected chi connectivity index (χ0v) is 12.5. The molecule has 19 heavy (non-hydrogen) atoms.